The summed E-state index contributed by atoms with van der Waals surface area (Å²) in [6.07, 6.45) is 0. The van der Waals surface area contributed by atoms with Gasteiger partial charge in [-0.3, -0.25) is 0 Å². The molecule has 0 radical (unpaired) electrons. The highest BCUT2D eigenvalue weighted by Crippen LogP contribution is 2.46. The lowest BCUT2D eigenvalue weighted by atomic mass is 9.83. The smallest absolute Gasteiger partial charge is 0.153 e. The van der Waals surface area contributed by atoms with Crippen LogP contribution in [0.1, 0.15) is 148 Å². The highest BCUT2D eigenvalue weighted by Gasteiger charge is 2.49. The molecule has 0 saturated carbocycles. The van der Waals surface area contributed by atoms with E-state index in [1.165, 1.54) is 97.3 Å². The maximum Gasteiger partial charge on any atom is 0.153 e. The van der Waals surface area contributed by atoms with Crippen molar-refractivity contribution in [3.8, 4) is 33.6 Å². The van der Waals surface area contributed by atoms with Crippen LogP contribution in [0.5, 0.6) is 0 Å². The number of fused-ring (bicyclic) bond motifs is 12. The number of furan rings is 1. The normalized spacial score (nSPS) is 13.1. The second-order valence-corrected chi connectivity index (χ2v) is 41.7. The van der Waals surface area contributed by atoms with Crippen molar-refractivity contribution in [3.63, 3.8) is 0 Å². The van der Waals surface area contributed by atoms with Crippen LogP contribution in [-0.2, 0) is 21.7 Å². The van der Waals surface area contributed by atoms with E-state index in [9.17, 15) is 0 Å². The number of thiophene rings is 1. The molecule has 4 heterocycles. The second-order valence-electron chi connectivity index (χ2n) is 35.9. The second kappa shape index (κ2) is 32.7. The highest BCUT2D eigenvalue weighted by atomic mass is 32.1. The van der Waals surface area contributed by atoms with Crippen LogP contribution >= 0.6 is 11.3 Å². The van der Waals surface area contributed by atoms with E-state index in [-0.39, 0.29) is 75.0 Å². The molecule has 0 atom stereocenters. The maximum absolute atomic E-state index is 8.60. The zero-order chi connectivity index (χ0) is 89.1. The summed E-state index contributed by atoms with van der Waals surface area (Å²) >= 11 is 1.72. The highest BCUT2D eigenvalue weighted by molar-refractivity contribution is 7.26. The van der Waals surface area contributed by atoms with E-state index in [4.69, 9.17) is 15.4 Å². The predicted molar refractivity (Wildman–Crippen MR) is 513 cm³/mol. The minimum absolute atomic E-state index is 0.0310. The third-order valence-corrected chi connectivity index (χ3v) is 29.5. The fraction of sp³-hybridized carbons (Fsp3) is 0.196. The molecule has 0 unspecified atom stereocenters. The van der Waals surface area contributed by atoms with Gasteiger partial charge in [-0.2, -0.15) is 0 Å². The van der Waals surface area contributed by atoms with Crippen LogP contribution in [0.2, 0.25) is 5.04 Å². The molecule has 0 spiro atoms. The van der Waals surface area contributed by atoms with E-state index in [0.717, 1.165) is 37.6 Å². The number of para-hydroxylation sites is 4. The zero-order valence-electron chi connectivity index (χ0n) is 78.7. The summed E-state index contributed by atoms with van der Waals surface area (Å²) in [5, 5.41) is 13.9. The minimum Gasteiger partial charge on any atom is -0.456 e. The fourth-order valence-electron chi connectivity index (χ4n) is 17.0. The molecular weight excluding hydrogens is 1450 g/mol. The van der Waals surface area contributed by atoms with Gasteiger partial charge >= 0.3 is 0 Å². The molecule has 3 nitrogen and oxygen atoms in total. The number of hydrogen-bond acceptors (Lipinski definition) is 2. The molecule has 0 amide bonds. The van der Waals surface area contributed by atoms with Crippen molar-refractivity contribution in [3.05, 3.63) is 391 Å². The van der Waals surface area contributed by atoms with Gasteiger partial charge in [0.2, 0.25) is 0 Å². The Morgan fingerprint density at radius 2 is 0.675 bits per heavy atom. The third kappa shape index (κ3) is 16.2. The molecule has 4 aromatic heterocycles. The Kier molecular flexibility index (Phi) is 19.7. The first-order valence-corrected chi connectivity index (χ1v) is 43.6. The van der Waals surface area contributed by atoms with E-state index in [1.54, 1.807) is 25.2 Å². The van der Waals surface area contributed by atoms with Gasteiger partial charge in [-0.1, -0.05) is 400 Å². The van der Waals surface area contributed by atoms with E-state index in [1.807, 2.05) is 42.5 Å². The van der Waals surface area contributed by atoms with Gasteiger partial charge in [0.1, 0.15) is 11.2 Å². The third-order valence-electron chi connectivity index (χ3n) is 22.6. The van der Waals surface area contributed by atoms with Crippen LogP contribution in [-0.4, -0.2) is 17.2 Å². The molecule has 0 N–H and O–H groups in total. The molecule has 0 aliphatic carbocycles. The van der Waals surface area contributed by atoms with Crippen molar-refractivity contribution in [1.29, 1.82) is 0 Å². The summed E-state index contributed by atoms with van der Waals surface area (Å²) in [5.74, 6) is 0. The largest absolute Gasteiger partial charge is 0.456 e. The lowest BCUT2D eigenvalue weighted by molar-refractivity contribution is 0.590. The zero-order valence-corrected chi connectivity index (χ0v) is 72.5. The van der Waals surface area contributed by atoms with Crippen molar-refractivity contribution in [2.45, 2.75) is 144 Å². The molecule has 19 aromatic rings. The molecule has 0 bridgehead atoms. The first-order chi connectivity index (χ1) is 59.4. The van der Waals surface area contributed by atoms with E-state index >= 15 is 0 Å². The van der Waals surface area contributed by atoms with Gasteiger partial charge in [-0.05, 0) is 173 Å². The molecule has 5 heteroatoms. The molecule has 19 rings (SSSR count). The van der Waals surface area contributed by atoms with E-state index < -0.39 is 8.07 Å². The van der Waals surface area contributed by atoms with Crippen molar-refractivity contribution in [2.75, 3.05) is 0 Å². The maximum atomic E-state index is 8.60. The Hall–Kier alpha value is -11.9. The summed E-state index contributed by atoms with van der Waals surface area (Å²) in [7, 11) is -2.13. The Balaban J connectivity index is 0.000000121. The molecule has 0 fully saturated rings. The average Bonchev–Trinajstić information content (AvgIpc) is 1.01. The summed E-state index contributed by atoms with van der Waals surface area (Å²) in [6, 6.07) is 110. The molecule has 0 aliphatic rings. The van der Waals surface area contributed by atoms with Crippen LogP contribution < -0.4 is 15.6 Å². The van der Waals surface area contributed by atoms with Gasteiger partial charge in [0.05, 0.1) is 33.0 Å². The quantitative estimate of drug-likeness (QED) is 0.115. The Morgan fingerprint density at radius 3 is 1.11 bits per heavy atom. The lowest BCUT2D eigenvalue weighted by Crippen LogP contribution is -2.72. The summed E-state index contributed by atoms with van der Waals surface area (Å²) in [6.45, 7) is 37.1. The number of rotatable bonds is 7. The fourth-order valence-corrected chi connectivity index (χ4v) is 23.9. The molecule has 117 heavy (non-hydrogen) atoms. The Morgan fingerprint density at radius 1 is 0.308 bits per heavy atom. The Bertz CT molecular complexity index is 6770. The topological polar surface area (TPSA) is 23.0 Å². The molecule has 584 valence electrons. The monoisotopic (exact) mass is 1570 g/mol. The predicted octanol–water partition coefficient (Wildman–Crippen LogP) is 30.3. The summed E-state index contributed by atoms with van der Waals surface area (Å²) in [5.41, 5.74) is 17.4. The number of aromatic nitrogens is 2. The minimum atomic E-state index is -2.13. The molecule has 0 aliphatic heterocycles. The van der Waals surface area contributed by atoms with E-state index in [2.05, 4.69) is 380 Å². The summed E-state index contributed by atoms with van der Waals surface area (Å²) in [4.78, 5) is 0. The van der Waals surface area contributed by atoms with Crippen LogP contribution in [0.15, 0.2) is 362 Å². The van der Waals surface area contributed by atoms with Crippen molar-refractivity contribution >= 4 is 121 Å². The van der Waals surface area contributed by atoms with Crippen LogP contribution in [0.3, 0.4) is 0 Å². The van der Waals surface area contributed by atoms with Crippen molar-refractivity contribution in [1.82, 2.24) is 9.13 Å². The van der Waals surface area contributed by atoms with Gasteiger partial charge in [0.25, 0.3) is 0 Å². The van der Waals surface area contributed by atoms with Crippen LogP contribution in [0, 0.1) is 13.8 Å². The van der Waals surface area contributed by atoms with Crippen LogP contribution in [0.4, 0.5) is 0 Å². The number of nitrogens with zero attached hydrogens (tertiary/aromatic N) is 2. The standard InChI is InChI=1S/C23H22O.C23H22S.2C22H21N.C22H24Si/c2*1-15-8-5-9-16(14-15)17-10-6-12-19-21(17)22-18(23(2,3)4)11-7-13-20(22)24-19;1-22(2,3)16-9-8-10-17(15-16)23-20-13-6-4-11-18(20)19-12-5-7-14-21(19)23;1-22(2,3)16-12-14-17(15-13-16)23-20-10-6-4-8-18(20)19-9-5-7-11-21(19)23;1-22(2,3)23(19-13-7-4-8-14-19,20-15-9-5-10-16-20)21-17-11-6-12-18-21/h2*5-14H,1-4H3;2*4-15H,1-3H3;4-18H,1-3H3/i2*5D,8D,9D,14D;;;. The number of benzene rings is 15. The van der Waals surface area contributed by atoms with Gasteiger partial charge < -0.3 is 13.6 Å². The molecular formula is C112H110N2OSSi. The van der Waals surface area contributed by atoms with Gasteiger partial charge in [-0.15, -0.1) is 11.3 Å². The van der Waals surface area contributed by atoms with Gasteiger partial charge in [-0.25, -0.2) is 0 Å². The molecule has 15 aromatic carbocycles. The van der Waals surface area contributed by atoms with Crippen molar-refractivity contribution < 1.29 is 15.4 Å². The van der Waals surface area contributed by atoms with Crippen molar-refractivity contribution in [2.24, 2.45) is 0 Å². The SMILES string of the molecule is CC(C)(C)[Si](c1ccccc1)(c1ccccc1)c1ccccc1.CC(C)(C)c1ccc(-n2c3ccccc3c3ccccc32)cc1.CC(C)(C)c1cccc(-n2c3ccccc3c3ccccc32)c1.[2H]c1c([2H])c(C)c([2H])c(-c2cccc3oc4cccc(C(C)(C)C)c4c23)c1[2H].[2H]c1c([2H])c(C)c([2H])c(-c2cccc3sc4cccc(C(C)(C)C)c4c23)c1[2H]. The number of hydrogen-bond donors (Lipinski definition) is 0. The van der Waals surface area contributed by atoms with Crippen LogP contribution in [0.25, 0.3) is 119 Å². The summed E-state index contributed by atoms with van der Waals surface area (Å²) < 4.78 is 79.7. The average molecular weight is 1570 g/mol. The first-order valence-electron chi connectivity index (χ1n) is 44.8. The van der Waals surface area contributed by atoms with Gasteiger partial charge in [0.15, 0.2) is 8.07 Å². The van der Waals surface area contributed by atoms with E-state index in [0.29, 0.717) is 33.4 Å². The lowest BCUT2D eigenvalue weighted by Gasteiger charge is -2.44. The molecule has 0 saturated heterocycles. The first kappa shape index (κ1) is 70.5. The Labute approximate surface area is 709 Å². The van der Waals surface area contributed by atoms with Gasteiger partial charge in [0, 0.05) is 63.9 Å².